The van der Waals surface area contributed by atoms with Crippen molar-refractivity contribution in [1.29, 1.82) is 0 Å². The molecule has 1 atom stereocenters. The van der Waals surface area contributed by atoms with Gasteiger partial charge < -0.3 is 14.3 Å². The number of aliphatic hydroxyl groups is 1. The molecule has 0 aliphatic heterocycles. The zero-order valence-corrected chi connectivity index (χ0v) is 12.9. The largest absolute Gasteiger partial charge is 0.496 e. The van der Waals surface area contributed by atoms with Gasteiger partial charge >= 0.3 is 0 Å². The van der Waals surface area contributed by atoms with E-state index >= 15 is 0 Å². The SMILES string of the molecule is COc1ccc(Br)cc1CC1(O)CCCc2occc21. The van der Waals surface area contributed by atoms with Crippen LogP contribution in [-0.4, -0.2) is 12.2 Å². The molecule has 2 aromatic rings. The molecule has 1 aromatic heterocycles. The van der Waals surface area contributed by atoms with Crippen LogP contribution in [0.4, 0.5) is 0 Å². The molecule has 0 fully saturated rings. The molecule has 0 radical (unpaired) electrons. The molecule has 3 rings (SSSR count). The number of halogens is 1. The summed E-state index contributed by atoms with van der Waals surface area (Å²) >= 11 is 3.48. The van der Waals surface area contributed by atoms with E-state index in [-0.39, 0.29) is 0 Å². The van der Waals surface area contributed by atoms with Gasteiger partial charge in [0.1, 0.15) is 11.5 Å². The number of hydrogen-bond acceptors (Lipinski definition) is 3. The van der Waals surface area contributed by atoms with Crippen molar-refractivity contribution in [3.63, 3.8) is 0 Å². The molecule has 1 N–H and O–H groups in total. The van der Waals surface area contributed by atoms with E-state index in [1.165, 1.54) is 0 Å². The van der Waals surface area contributed by atoms with Crippen LogP contribution < -0.4 is 4.74 Å². The highest BCUT2D eigenvalue weighted by Crippen LogP contribution is 2.40. The van der Waals surface area contributed by atoms with Crippen molar-refractivity contribution in [3.05, 3.63) is 51.9 Å². The maximum Gasteiger partial charge on any atom is 0.122 e. The van der Waals surface area contributed by atoms with Gasteiger partial charge in [0.2, 0.25) is 0 Å². The van der Waals surface area contributed by atoms with Crippen molar-refractivity contribution in [1.82, 2.24) is 0 Å². The number of benzene rings is 1. The summed E-state index contributed by atoms with van der Waals surface area (Å²) in [5, 5.41) is 11.0. The lowest BCUT2D eigenvalue weighted by atomic mass is 9.79. The Labute approximate surface area is 126 Å². The quantitative estimate of drug-likeness (QED) is 0.926. The Morgan fingerprint density at radius 2 is 2.25 bits per heavy atom. The average molecular weight is 337 g/mol. The van der Waals surface area contributed by atoms with Gasteiger partial charge in [-0.3, -0.25) is 0 Å². The Hall–Kier alpha value is -1.26. The van der Waals surface area contributed by atoms with Crippen LogP contribution in [0.15, 0.2) is 39.4 Å². The van der Waals surface area contributed by atoms with Crippen molar-refractivity contribution >= 4 is 15.9 Å². The van der Waals surface area contributed by atoms with E-state index < -0.39 is 5.60 Å². The molecule has 4 heteroatoms. The molecule has 3 nitrogen and oxygen atoms in total. The number of fused-ring (bicyclic) bond motifs is 1. The number of furan rings is 1. The minimum Gasteiger partial charge on any atom is -0.496 e. The number of rotatable bonds is 3. The summed E-state index contributed by atoms with van der Waals surface area (Å²) in [6.07, 6.45) is 4.78. The summed E-state index contributed by atoms with van der Waals surface area (Å²) in [5.74, 6) is 1.71. The minimum absolute atomic E-state index is 0.530. The fourth-order valence-corrected chi connectivity index (χ4v) is 3.42. The Morgan fingerprint density at radius 3 is 3.05 bits per heavy atom. The average Bonchev–Trinajstić information content (AvgIpc) is 2.89. The lowest BCUT2D eigenvalue weighted by molar-refractivity contribution is 0.0163. The third-order valence-corrected chi connectivity index (χ3v) is 4.46. The van der Waals surface area contributed by atoms with E-state index in [2.05, 4.69) is 15.9 Å². The van der Waals surface area contributed by atoms with Crippen LogP contribution in [0.5, 0.6) is 5.75 Å². The summed E-state index contributed by atoms with van der Waals surface area (Å²) in [5.41, 5.74) is 1.05. The summed E-state index contributed by atoms with van der Waals surface area (Å²) < 4.78 is 11.9. The zero-order chi connectivity index (χ0) is 14.2. The van der Waals surface area contributed by atoms with E-state index in [0.29, 0.717) is 6.42 Å². The number of aryl methyl sites for hydroxylation is 1. The van der Waals surface area contributed by atoms with Crippen molar-refractivity contribution in [3.8, 4) is 5.75 Å². The first kappa shape index (κ1) is 13.7. The van der Waals surface area contributed by atoms with Crippen molar-refractivity contribution < 1.29 is 14.3 Å². The van der Waals surface area contributed by atoms with E-state index in [9.17, 15) is 5.11 Å². The van der Waals surface area contributed by atoms with Crippen molar-refractivity contribution in [2.24, 2.45) is 0 Å². The van der Waals surface area contributed by atoms with E-state index in [0.717, 1.165) is 46.4 Å². The normalized spacial score (nSPS) is 21.6. The first-order valence-electron chi connectivity index (χ1n) is 6.74. The van der Waals surface area contributed by atoms with Crippen LogP contribution in [0.1, 0.15) is 29.7 Å². The molecule has 1 heterocycles. The van der Waals surface area contributed by atoms with Crippen LogP contribution in [0.3, 0.4) is 0 Å². The summed E-state index contributed by atoms with van der Waals surface area (Å²) in [4.78, 5) is 0. The highest BCUT2D eigenvalue weighted by molar-refractivity contribution is 9.10. The van der Waals surface area contributed by atoms with Crippen molar-refractivity contribution in [2.75, 3.05) is 7.11 Å². The minimum atomic E-state index is -0.866. The molecule has 106 valence electrons. The van der Waals surface area contributed by atoms with E-state index in [4.69, 9.17) is 9.15 Å². The Bertz CT molecular complexity index is 620. The van der Waals surface area contributed by atoms with Crippen molar-refractivity contribution in [2.45, 2.75) is 31.3 Å². The molecule has 1 aliphatic rings. The first-order valence-corrected chi connectivity index (χ1v) is 7.53. The lowest BCUT2D eigenvalue weighted by Crippen LogP contribution is -2.32. The fourth-order valence-electron chi connectivity index (χ4n) is 3.01. The van der Waals surface area contributed by atoms with Gasteiger partial charge in [0.15, 0.2) is 0 Å². The highest BCUT2D eigenvalue weighted by atomic mass is 79.9. The van der Waals surface area contributed by atoms with Crippen LogP contribution in [0.2, 0.25) is 0 Å². The maximum absolute atomic E-state index is 11.0. The molecule has 0 saturated carbocycles. The van der Waals surface area contributed by atoms with E-state index in [1.54, 1.807) is 13.4 Å². The summed E-state index contributed by atoms with van der Waals surface area (Å²) in [7, 11) is 1.65. The Morgan fingerprint density at radius 1 is 1.40 bits per heavy atom. The first-order chi connectivity index (χ1) is 9.62. The second-order valence-electron chi connectivity index (χ2n) is 5.28. The predicted molar refractivity (Wildman–Crippen MR) is 79.9 cm³/mol. The number of ether oxygens (including phenoxy) is 1. The summed E-state index contributed by atoms with van der Waals surface area (Å²) in [6.45, 7) is 0. The maximum atomic E-state index is 11.0. The monoisotopic (exact) mass is 336 g/mol. The van der Waals surface area contributed by atoms with Gasteiger partial charge in [-0.2, -0.15) is 0 Å². The standard InChI is InChI=1S/C16H17BrO3/c1-19-14-5-4-12(17)9-11(14)10-16(18)7-2-3-15-13(16)6-8-20-15/h4-6,8-9,18H,2-3,7,10H2,1H3. The molecular weight excluding hydrogens is 320 g/mol. The number of hydrogen-bond donors (Lipinski definition) is 1. The summed E-state index contributed by atoms with van der Waals surface area (Å²) in [6, 6.07) is 7.75. The molecule has 20 heavy (non-hydrogen) atoms. The van der Waals surface area contributed by atoms with Crippen LogP contribution in [-0.2, 0) is 18.4 Å². The Kier molecular flexibility index (Phi) is 3.61. The van der Waals surface area contributed by atoms with Gasteiger partial charge in [0.05, 0.1) is 19.0 Å². The zero-order valence-electron chi connectivity index (χ0n) is 11.4. The van der Waals surface area contributed by atoms with Gasteiger partial charge in [-0.25, -0.2) is 0 Å². The van der Waals surface area contributed by atoms with Gasteiger partial charge in [-0.15, -0.1) is 0 Å². The van der Waals surface area contributed by atoms with Gasteiger partial charge in [0, 0.05) is 22.9 Å². The van der Waals surface area contributed by atoms with Crippen LogP contribution in [0, 0.1) is 0 Å². The second-order valence-corrected chi connectivity index (χ2v) is 6.19. The molecule has 0 bridgehead atoms. The molecule has 0 saturated heterocycles. The van der Waals surface area contributed by atoms with Gasteiger partial charge in [-0.1, -0.05) is 15.9 Å². The Balaban J connectivity index is 1.98. The second kappa shape index (κ2) is 5.26. The third-order valence-electron chi connectivity index (χ3n) is 3.97. The molecule has 0 spiro atoms. The lowest BCUT2D eigenvalue weighted by Gasteiger charge is -2.32. The van der Waals surface area contributed by atoms with E-state index in [1.807, 2.05) is 24.3 Å². The topological polar surface area (TPSA) is 42.6 Å². The molecule has 0 amide bonds. The molecule has 1 aromatic carbocycles. The highest BCUT2D eigenvalue weighted by Gasteiger charge is 2.37. The predicted octanol–water partition coefficient (Wildman–Crippen LogP) is 3.82. The molecule has 1 unspecified atom stereocenters. The van der Waals surface area contributed by atoms with Gasteiger partial charge in [0.25, 0.3) is 0 Å². The van der Waals surface area contributed by atoms with Crippen LogP contribution >= 0.6 is 15.9 Å². The third kappa shape index (κ3) is 2.38. The molecule has 1 aliphatic carbocycles. The smallest absolute Gasteiger partial charge is 0.122 e. The van der Waals surface area contributed by atoms with Crippen LogP contribution in [0.25, 0.3) is 0 Å². The fraction of sp³-hybridized carbons (Fsp3) is 0.375. The molecular formula is C16H17BrO3. The number of methoxy groups -OCH3 is 1. The van der Waals surface area contributed by atoms with Gasteiger partial charge in [-0.05, 0) is 42.7 Å².